The number of nitrogens with two attached hydrogens (primary N) is 1. The molecule has 5 nitrogen and oxygen atoms in total. The van der Waals surface area contributed by atoms with E-state index < -0.39 is 0 Å². The summed E-state index contributed by atoms with van der Waals surface area (Å²) in [5, 5.41) is 4.41. The molecule has 0 spiro atoms. The summed E-state index contributed by atoms with van der Waals surface area (Å²) >= 11 is 1.37. The van der Waals surface area contributed by atoms with Crippen molar-refractivity contribution < 1.29 is 4.79 Å². The van der Waals surface area contributed by atoms with Gasteiger partial charge in [-0.3, -0.25) is 4.79 Å². The molecule has 0 atom stereocenters. The first-order valence-corrected chi connectivity index (χ1v) is 5.76. The number of benzene rings is 1. The minimum absolute atomic E-state index is 0.163. The van der Waals surface area contributed by atoms with E-state index >= 15 is 0 Å². The zero-order chi connectivity index (χ0) is 11.8. The first kappa shape index (κ1) is 9.98. The molecule has 1 aromatic carbocycles. The Morgan fingerprint density at radius 3 is 3.06 bits per heavy atom. The number of hydrogen-bond acceptors (Lipinski definition) is 5. The second-order valence-electron chi connectivity index (χ2n) is 3.49. The minimum Gasteiger partial charge on any atom is -0.375 e. The maximum absolute atomic E-state index is 12.0. The Labute approximate surface area is 101 Å². The largest absolute Gasteiger partial charge is 0.375 e. The van der Waals surface area contributed by atoms with E-state index in [9.17, 15) is 4.79 Å². The number of aromatic nitrogens is 3. The molecule has 3 aromatic rings. The van der Waals surface area contributed by atoms with Gasteiger partial charge < -0.3 is 5.73 Å². The van der Waals surface area contributed by atoms with E-state index in [1.807, 2.05) is 0 Å². The Kier molecular flexibility index (Phi) is 2.15. The Hall–Kier alpha value is -2.21. The first-order valence-electron chi connectivity index (χ1n) is 4.94. The number of fused-ring (bicyclic) bond motifs is 1. The van der Waals surface area contributed by atoms with Crippen LogP contribution in [0.5, 0.6) is 0 Å². The Morgan fingerprint density at radius 1 is 1.41 bits per heavy atom. The van der Waals surface area contributed by atoms with E-state index in [2.05, 4.69) is 10.1 Å². The highest BCUT2D eigenvalue weighted by molar-refractivity contribution is 7.22. The van der Waals surface area contributed by atoms with Gasteiger partial charge in [0.15, 0.2) is 5.13 Å². The normalized spacial score (nSPS) is 10.8. The average molecular weight is 244 g/mol. The third kappa shape index (κ3) is 1.68. The van der Waals surface area contributed by atoms with Crippen LogP contribution in [-0.4, -0.2) is 20.7 Å². The molecule has 0 saturated heterocycles. The first-order chi connectivity index (χ1) is 8.24. The molecular formula is C11H8N4OS. The molecule has 0 aliphatic rings. The van der Waals surface area contributed by atoms with Gasteiger partial charge in [0.05, 0.1) is 10.2 Å². The van der Waals surface area contributed by atoms with E-state index in [0.29, 0.717) is 10.7 Å². The number of anilines is 1. The standard InChI is InChI=1S/C11H8N4OS/c12-11-14-8-3-2-7(6-9(8)17-11)10(16)15-5-1-4-13-15/h1-6H,(H2,12,14). The fourth-order valence-corrected chi connectivity index (χ4v) is 2.37. The van der Waals surface area contributed by atoms with E-state index in [1.54, 1.807) is 36.7 Å². The number of hydrogen-bond donors (Lipinski definition) is 1. The average Bonchev–Trinajstić information content (AvgIpc) is 2.94. The van der Waals surface area contributed by atoms with Crippen LogP contribution < -0.4 is 5.73 Å². The summed E-state index contributed by atoms with van der Waals surface area (Å²) in [4.78, 5) is 16.2. The van der Waals surface area contributed by atoms with Gasteiger partial charge in [0.2, 0.25) is 0 Å². The van der Waals surface area contributed by atoms with Crippen LogP contribution in [0.3, 0.4) is 0 Å². The van der Waals surface area contributed by atoms with Crippen molar-refractivity contribution in [2.45, 2.75) is 0 Å². The molecule has 0 amide bonds. The Balaban J connectivity index is 2.09. The Morgan fingerprint density at radius 2 is 2.29 bits per heavy atom. The van der Waals surface area contributed by atoms with Gasteiger partial charge in [0.25, 0.3) is 5.91 Å². The fraction of sp³-hybridized carbons (Fsp3) is 0. The fourth-order valence-electron chi connectivity index (χ4n) is 1.60. The predicted octanol–water partition coefficient (Wildman–Crippen LogP) is 1.76. The van der Waals surface area contributed by atoms with Crippen molar-refractivity contribution in [3.8, 4) is 0 Å². The smallest absolute Gasteiger partial charge is 0.278 e. The topological polar surface area (TPSA) is 73.8 Å². The highest BCUT2D eigenvalue weighted by Crippen LogP contribution is 2.24. The molecule has 0 unspecified atom stereocenters. The van der Waals surface area contributed by atoms with Crippen molar-refractivity contribution in [2.24, 2.45) is 0 Å². The van der Waals surface area contributed by atoms with Crippen molar-refractivity contribution in [2.75, 3.05) is 5.73 Å². The number of thiazole rings is 1. The second kappa shape index (κ2) is 3.67. The molecule has 2 N–H and O–H groups in total. The van der Waals surface area contributed by atoms with Crippen LogP contribution in [0.2, 0.25) is 0 Å². The van der Waals surface area contributed by atoms with Crippen molar-refractivity contribution in [3.05, 3.63) is 42.2 Å². The van der Waals surface area contributed by atoms with Gasteiger partial charge in [-0.1, -0.05) is 11.3 Å². The molecule has 6 heteroatoms. The lowest BCUT2D eigenvalue weighted by atomic mass is 10.2. The summed E-state index contributed by atoms with van der Waals surface area (Å²) in [5.74, 6) is -0.163. The lowest BCUT2D eigenvalue weighted by molar-refractivity contribution is 0.0945. The third-order valence-electron chi connectivity index (χ3n) is 2.36. The zero-order valence-electron chi connectivity index (χ0n) is 8.70. The minimum atomic E-state index is -0.163. The van der Waals surface area contributed by atoms with Crippen LogP contribution in [0.1, 0.15) is 10.4 Å². The summed E-state index contributed by atoms with van der Waals surface area (Å²) in [5.41, 5.74) is 7.00. The molecule has 0 aliphatic heterocycles. The lowest BCUT2D eigenvalue weighted by Crippen LogP contribution is -2.11. The second-order valence-corrected chi connectivity index (χ2v) is 4.55. The van der Waals surface area contributed by atoms with Crippen LogP contribution >= 0.6 is 11.3 Å². The summed E-state index contributed by atoms with van der Waals surface area (Å²) in [7, 11) is 0. The van der Waals surface area contributed by atoms with Crippen molar-refractivity contribution in [3.63, 3.8) is 0 Å². The molecule has 2 heterocycles. The molecule has 0 bridgehead atoms. The summed E-state index contributed by atoms with van der Waals surface area (Å²) in [6, 6.07) is 7.01. The molecule has 2 aromatic heterocycles. The van der Waals surface area contributed by atoms with E-state index in [0.717, 1.165) is 10.2 Å². The summed E-state index contributed by atoms with van der Waals surface area (Å²) < 4.78 is 2.20. The number of nitrogens with zero attached hydrogens (tertiary/aromatic N) is 3. The lowest BCUT2D eigenvalue weighted by Gasteiger charge is -1.99. The predicted molar refractivity (Wildman–Crippen MR) is 66.0 cm³/mol. The summed E-state index contributed by atoms with van der Waals surface area (Å²) in [6.07, 6.45) is 3.19. The molecule has 0 saturated carbocycles. The summed E-state index contributed by atoms with van der Waals surface area (Å²) in [6.45, 7) is 0. The van der Waals surface area contributed by atoms with Gasteiger partial charge in [-0.15, -0.1) is 0 Å². The molecule has 0 aliphatic carbocycles. The molecule has 0 radical (unpaired) electrons. The number of rotatable bonds is 1. The quantitative estimate of drug-likeness (QED) is 0.708. The van der Waals surface area contributed by atoms with Crippen molar-refractivity contribution in [1.82, 2.24) is 14.8 Å². The number of nitrogen functional groups attached to an aromatic ring is 1. The van der Waals surface area contributed by atoms with Gasteiger partial charge in [0.1, 0.15) is 0 Å². The maximum atomic E-state index is 12.0. The van der Waals surface area contributed by atoms with Crippen LogP contribution in [0.25, 0.3) is 10.2 Å². The molecule has 17 heavy (non-hydrogen) atoms. The van der Waals surface area contributed by atoms with Crippen LogP contribution in [0.4, 0.5) is 5.13 Å². The van der Waals surface area contributed by atoms with Gasteiger partial charge in [-0.2, -0.15) is 5.10 Å². The van der Waals surface area contributed by atoms with E-state index in [-0.39, 0.29) is 5.91 Å². The maximum Gasteiger partial charge on any atom is 0.278 e. The molecule has 3 rings (SSSR count). The highest BCUT2D eigenvalue weighted by atomic mass is 32.1. The SMILES string of the molecule is Nc1nc2ccc(C(=O)n3cccn3)cc2s1. The molecule has 0 fully saturated rings. The number of carbonyl (C=O) groups is 1. The van der Waals surface area contributed by atoms with Gasteiger partial charge >= 0.3 is 0 Å². The van der Waals surface area contributed by atoms with Gasteiger partial charge in [-0.25, -0.2) is 9.67 Å². The van der Waals surface area contributed by atoms with Crippen LogP contribution in [-0.2, 0) is 0 Å². The van der Waals surface area contributed by atoms with Gasteiger partial charge in [-0.05, 0) is 24.3 Å². The van der Waals surface area contributed by atoms with Crippen molar-refractivity contribution >= 4 is 32.6 Å². The van der Waals surface area contributed by atoms with Crippen LogP contribution in [0.15, 0.2) is 36.7 Å². The molecule has 84 valence electrons. The van der Waals surface area contributed by atoms with Crippen LogP contribution in [0, 0.1) is 0 Å². The van der Waals surface area contributed by atoms with Gasteiger partial charge in [0, 0.05) is 18.0 Å². The third-order valence-corrected chi connectivity index (χ3v) is 3.21. The van der Waals surface area contributed by atoms with Crippen molar-refractivity contribution in [1.29, 1.82) is 0 Å². The molecular weight excluding hydrogens is 236 g/mol. The zero-order valence-corrected chi connectivity index (χ0v) is 9.52. The monoisotopic (exact) mass is 244 g/mol. The van der Waals surface area contributed by atoms with E-state index in [4.69, 9.17) is 5.73 Å². The number of carbonyl (C=O) groups excluding carboxylic acids is 1. The Bertz CT molecular complexity index is 687. The van der Waals surface area contributed by atoms with E-state index in [1.165, 1.54) is 16.0 Å². The highest BCUT2D eigenvalue weighted by Gasteiger charge is 2.10.